The van der Waals surface area contributed by atoms with Crippen molar-refractivity contribution in [3.05, 3.63) is 42.1 Å². The zero-order chi connectivity index (χ0) is 20.1. The minimum absolute atomic E-state index is 0.364. The highest BCUT2D eigenvalue weighted by Crippen LogP contribution is 2.25. The lowest BCUT2D eigenvalue weighted by molar-refractivity contribution is -0.181. The van der Waals surface area contributed by atoms with Crippen LogP contribution >= 0.6 is 0 Å². The predicted molar refractivity (Wildman–Crippen MR) is 105 cm³/mol. The zero-order valence-electron chi connectivity index (χ0n) is 16.2. The van der Waals surface area contributed by atoms with E-state index in [2.05, 4.69) is 10.3 Å². The van der Waals surface area contributed by atoms with Crippen molar-refractivity contribution in [3.8, 4) is 0 Å². The number of rotatable bonds is 4. The largest absolute Gasteiger partial charge is 0.403 e. The van der Waals surface area contributed by atoms with Gasteiger partial charge in [0.25, 0.3) is 0 Å². The molecule has 0 bridgehead atoms. The number of pyridine rings is 1. The lowest BCUT2D eigenvalue weighted by atomic mass is 10.1. The van der Waals surface area contributed by atoms with E-state index < -0.39 is 12.2 Å². The molecule has 1 N–H and O–H groups in total. The van der Waals surface area contributed by atoms with Gasteiger partial charge in [-0.1, -0.05) is 18.2 Å². The number of hydrogen-bond acceptors (Lipinski definition) is 3. The minimum Gasteiger partial charge on any atom is -0.357 e. The third-order valence-electron chi connectivity index (χ3n) is 5.11. The molecule has 0 aliphatic carbocycles. The maximum absolute atomic E-state index is 12.9. The van der Waals surface area contributed by atoms with Gasteiger partial charge in [0.2, 0.25) is 0 Å². The highest BCUT2D eigenvalue weighted by molar-refractivity contribution is 5.83. The molecule has 8 heteroatoms. The van der Waals surface area contributed by atoms with E-state index >= 15 is 0 Å². The number of aliphatic imine (C=N–C) groups is 1. The molecule has 1 aromatic carbocycles. The molecule has 0 radical (unpaired) electrons. The SMILES string of the molecule is CCNC(=NCc1ccnc2ccccc12)N1CCN(C(C)C(F)(F)F)CC1. The highest BCUT2D eigenvalue weighted by atomic mass is 19.4. The summed E-state index contributed by atoms with van der Waals surface area (Å²) >= 11 is 0. The van der Waals surface area contributed by atoms with E-state index in [-0.39, 0.29) is 0 Å². The van der Waals surface area contributed by atoms with Gasteiger partial charge in [-0.05, 0) is 31.5 Å². The molecule has 1 atom stereocenters. The molecule has 0 saturated carbocycles. The number of piperazine rings is 1. The maximum Gasteiger partial charge on any atom is 0.403 e. The van der Waals surface area contributed by atoms with Gasteiger partial charge in [-0.25, -0.2) is 4.99 Å². The quantitative estimate of drug-likeness (QED) is 0.640. The van der Waals surface area contributed by atoms with Crippen molar-refractivity contribution < 1.29 is 13.2 Å². The molecule has 5 nitrogen and oxygen atoms in total. The fourth-order valence-electron chi connectivity index (χ4n) is 3.41. The molecule has 152 valence electrons. The van der Waals surface area contributed by atoms with Crippen molar-refractivity contribution in [3.63, 3.8) is 0 Å². The summed E-state index contributed by atoms with van der Waals surface area (Å²) in [6, 6.07) is 8.46. The molecule has 1 unspecified atom stereocenters. The van der Waals surface area contributed by atoms with Crippen molar-refractivity contribution in [1.82, 2.24) is 20.1 Å². The van der Waals surface area contributed by atoms with Gasteiger partial charge in [0.15, 0.2) is 5.96 Å². The number of nitrogens with zero attached hydrogens (tertiary/aromatic N) is 4. The van der Waals surface area contributed by atoms with Crippen molar-refractivity contribution in [2.24, 2.45) is 4.99 Å². The number of halogens is 3. The number of alkyl halides is 3. The first kappa shape index (κ1) is 20.4. The summed E-state index contributed by atoms with van der Waals surface area (Å²) in [5, 5.41) is 4.33. The smallest absolute Gasteiger partial charge is 0.357 e. The first-order valence-corrected chi connectivity index (χ1v) is 9.56. The van der Waals surface area contributed by atoms with Gasteiger partial charge >= 0.3 is 6.18 Å². The van der Waals surface area contributed by atoms with E-state index in [1.807, 2.05) is 42.2 Å². The van der Waals surface area contributed by atoms with Crippen molar-refractivity contribution in [1.29, 1.82) is 0 Å². The van der Waals surface area contributed by atoms with Gasteiger partial charge in [-0.3, -0.25) is 9.88 Å². The summed E-state index contributed by atoms with van der Waals surface area (Å²) in [5.74, 6) is 0.739. The van der Waals surface area contributed by atoms with Gasteiger partial charge in [-0.2, -0.15) is 13.2 Å². The highest BCUT2D eigenvalue weighted by Gasteiger charge is 2.41. The van der Waals surface area contributed by atoms with Gasteiger partial charge < -0.3 is 10.2 Å². The summed E-state index contributed by atoms with van der Waals surface area (Å²) in [6.45, 7) is 6.17. The Balaban J connectivity index is 1.70. The predicted octanol–water partition coefficient (Wildman–Crippen LogP) is 3.27. The second-order valence-electron chi connectivity index (χ2n) is 6.90. The number of para-hydroxylation sites is 1. The van der Waals surface area contributed by atoms with Crippen LogP contribution in [0, 0.1) is 0 Å². The Hall–Kier alpha value is -2.35. The zero-order valence-corrected chi connectivity index (χ0v) is 16.2. The van der Waals surface area contributed by atoms with Crippen LogP contribution in [0.5, 0.6) is 0 Å². The molecule has 1 aliphatic rings. The second kappa shape index (κ2) is 8.77. The summed E-state index contributed by atoms with van der Waals surface area (Å²) < 4.78 is 38.8. The first-order valence-electron chi connectivity index (χ1n) is 9.56. The van der Waals surface area contributed by atoms with Gasteiger partial charge in [0, 0.05) is 44.3 Å². The summed E-state index contributed by atoms with van der Waals surface area (Å²) in [6.07, 6.45) is -2.42. The molecule has 1 aliphatic heterocycles. The molecule has 1 saturated heterocycles. The van der Waals surface area contributed by atoms with Crippen LogP contribution in [0.15, 0.2) is 41.5 Å². The third-order valence-corrected chi connectivity index (χ3v) is 5.11. The average molecular weight is 393 g/mol. The van der Waals surface area contributed by atoms with E-state index in [0.29, 0.717) is 39.3 Å². The van der Waals surface area contributed by atoms with E-state index in [1.54, 1.807) is 6.20 Å². The van der Waals surface area contributed by atoms with Crippen LogP contribution in [0.1, 0.15) is 19.4 Å². The molecule has 3 rings (SSSR count). The number of nitrogens with one attached hydrogen (secondary N) is 1. The van der Waals surface area contributed by atoms with E-state index in [9.17, 15) is 13.2 Å². The molecule has 1 fully saturated rings. The standard InChI is InChI=1S/C20H26F3N5/c1-3-24-19(28-12-10-27(11-13-28)15(2)20(21,22)23)26-14-16-8-9-25-18-7-5-4-6-17(16)18/h4-9,15H,3,10-14H2,1-2H3,(H,24,26). The molecular weight excluding hydrogens is 367 g/mol. The molecule has 2 heterocycles. The van der Waals surface area contributed by atoms with Crippen molar-refractivity contribution in [2.75, 3.05) is 32.7 Å². The molecule has 1 aromatic heterocycles. The second-order valence-corrected chi connectivity index (χ2v) is 6.90. The lowest BCUT2D eigenvalue weighted by Crippen LogP contribution is -2.56. The van der Waals surface area contributed by atoms with Crippen LogP contribution in [0.25, 0.3) is 10.9 Å². The van der Waals surface area contributed by atoms with Crippen LogP contribution in [0.4, 0.5) is 13.2 Å². The van der Waals surface area contributed by atoms with Crippen LogP contribution < -0.4 is 5.32 Å². The van der Waals surface area contributed by atoms with Crippen molar-refractivity contribution in [2.45, 2.75) is 32.6 Å². The number of benzene rings is 1. The average Bonchev–Trinajstić information content (AvgIpc) is 2.70. The molecule has 0 amide bonds. The van der Waals surface area contributed by atoms with Gasteiger partial charge in [0.05, 0.1) is 12.1 Å². The van der Waals surface area contributed by atoms with Gasteiger partial charge in [-0.15, -0.1) is 0 Å². The summed E-state index contributed by atoms with van der Waals surface area (Å²) in [7, 11) is 0. The van der Waals surface area contributed by atoms with Crippen molar-refractivity contribution >= 4 is 16.9 Å². The third kappa shape index (κ3) is 4.73. The number of aromatic nitrogens is 1. The number of fused-ring (bicyclic) bond motifs is 1. The van der Waals surface area contributed by atoms with Gasteiger partial charge in [0.1, 0.15) is 6.04 Å². The molecule has 28 heavy (non-hydrogen) atoms. The maximum atomic E-state index is 12.9. The summed E-state index contributed by atoms with van der Waals surface area (Å²) in [5.41, 5.74) is 2.00. The van der Waals surface area contributed by atoms with Crippen LogP contribution in [-0.2, 0) is 6.54 Å². The van der Waals surface area contributed by atoms with Crippen LogP contribution in [0.3, 0.4) is 0 Å². The van der Waals surface area contributed by atoms with Crippen LogP contribution in [-0.4, -0.2) is 65.7 Å². The fourth-order valence-corrected chi connectivity index (χ4v) is 3.41. The minimum atomic E-state index is -4.19. The van der Waals surface area contributed by atoms with E-state index in [1.165, 1.54) is 11.8 Å². The number of hydrogen-bond donors (Lipinski definition) is 1. The Morgan fingerprint density at radius 1 is 1.18 bits per heavy atom. The fraction of sp³-hybridized carbons (Fsp3) is 0.500. The number of guanidine groups is 1. The Morgan fingerprint density at radius 2 is 1.89 bits per heavy atom. The Labute approximate surface area is 163 Å². The molecular formula is C20H26F3N5. The Kier molecular flexibility index (Phi) is 6.39. The normalized spacial score (nSPS) is 17.8. The molecule has 0 spiro atoms. The van der Waals surface area contributed by atoms with Crippen LogP contribution in [0.2, 0.25) is 0 Å². The van der Waals surface area contributed by atoms with E-state index in [0.717, 1.165) is 22.4 Å². The Morgan fingerprint density at radius 3 is 2.57 bits per heavy atom. The summed E-state index contributed by atoms with van der Waals surface area (Å²) in [4.78, 5) is 12.6. The lowest BCUT2D eigenvalue weighted by Gasteiger charge is -2.39. The van der Waals surface area contributed by atoms with E-state index in [4.69, 9.17) is 4.99 Å². The molecule has 2 aromatic rings. The first-order chi connectivity index (χ1) is 13.4. The monoisotopic (exact) mass is 393 g/mol. The Bertz CT molecular complexity index is 808. The topological polar surface area (TPSA) is 43.8 Å².